The average molecular weight is 349 g/mol. The van der Waals surface area contributed by atoms with Crippen LogP contribution in [0.2, 0.25) is 0 Å². The number of piperidine rings is 1. The number of likely N-dealkylation sites (tertiary alicyclic amines) is 1. The Bertz CT molecular complexity index is 929. The fourth-order valence-corrected chi connectivity index (χ4v) is 3.36. The second-order valence-electron chi connectivity index (χ2n) is 6.37. The van der Waals surface area contributed by atoms with Crippen molar-refractivity contribution in [3.63, 3.8) is 0 Å². The third kappa shape index (κ3) is 3.15. The number of aromatic amines is 1. The molecule has 0 unspecified atom stereocenters. The van der Waals surface area contributed by atoms with E-state index in [1.165, 1.54) is 0 Å². The molecule has 3 heterocycles. The zero-order valence-corrected chi connectivity index (χ0v) is 14.2. The van der Waals surface area contributed by atoms with Crippen LogP contribution < -0.4 is 5.32 Å². The summed E-state index contributed by atoms with van der Waals surface area (Å²) in [5, 5.41) is 3.67. The number of H-pyrrole nitrogens is 1. The van der Waals surface area contributed by atoms with Crippen LogP contribution in [0.15, 0.2) is 48.9 Å². The van der Waals surface area contributed by atoms with Gasteiger partial charge in [0.2, 0.25) is 11.9 Å². The molecule has 0 aliphatic carbocycles. The van der Waals surface area contributed by atoms with E-state index in [1.54, 1.807) is 18.5 Å². The first-order valence-corrected chi connectivity index (χ1v) is 8.65. The molecule has 0 spiro atoms. The van der Waals surface area contributed by atoms with E-state index in [2.05, 4.69) is 20.3 Å². The molecule has 2 N–H and O–H groups in total. The molecule has 0 bridgehead atoms. The normalized spacial score (nSPS) is 15.2. The standard InChI is InChI=1S/C19H19N5O2/c25-17(23-19-21-8-2-9-22-19)13-6-11-24(12-7-13)18(26)15-3-1-4-16-14(15)5-10-20-16/h1-5,8-10,13,20H,6-7,11-12H2,(H,21,22,23,25). The summed E-state index contributed by atoms with van der Waals surface area (Å²) in [5.41, 5.74) is 1.65. The fourth-order valence-electron chi connectivity index (χ4n) is 3.36. The Morgan fingerprint density at radius 2 is 1.85 bits per heavy atom. The van der Waals surface area contributed by atoms with Crippen LogP contribution in [-0.4, -0.2) is 44.8 Å². The lowest BCUT2D eigenvalue weighted by molar-refractivity contribution is -0.121. The molecule has 1 aliphatic rings. The zero-order chi connectivity index (χ0) is 17.9. The number of rotatable bonds is 3. The maximum Gasteiger partial charge on any atom is 0.254 e. The Hall–Kier alpha value is -3.22. The van der Waals surface area contributed by atoms with Crippen molar-refractivity contribution in [2.45, 2.75) is 12.8 Å². The Kier molecular flexibility index (Phi) is 4.35. The Morgan fingerprint density at radius 3 is 2.62 bits per heavy atom. The molecule has 7 heteroatoms. The summed E-state index contributed by atoms with van der Waals surface area (Å²) in [5.74, 6) is 0.109. The first-order valence-electron chi connectivity index (χ1n) is 8.65. The monoisotopic (exact) mass is 349 g/mol. The number of nitrogens with one attached hydrogen (secondary N) is 2. The predicted octanol–water partition coefficient (Wildman–Crippen LogP) is 2.45. The van der Waals surface area contributed by atoms with Gasteiger partial charge in [-0.3, -0.25) is 14.9 Å². The molecule has 0 saturated carbocycles. The highest BCUT2D eigenvalue weighted by atomic mass is 16.2. The van der Waals surface area contributed by atoms with Crippen molar-refractivity contribution in [3.05, 3.63) is 54.5 Å². The quantitative estimate of drug-likeness (QED) is 0.760. The van der Waals surface area contributed by atoms with E-state index in [4.69, 9.17) is 0 Å². The largest absolute Gasteiger partial charge is 0.361 e. The van der Waals surface area contributed by atoms with Crippen molar-refractivity contribution in [2.24, 2.45) is 5.92 Å². The number of hydrogen-bond acceptors (Lipinski definition) is 4. The van der Waals surface area contributed by atoms with Crippen molar-refractivity contribution < 1.29 is 9.59 Å². The van der Waals surface area contributed by atoms with Gasteiger partial charge in [-0.2, -0.15) is 0 Å². The summed E-state index contributed by atoms with van der Waals surface area (Å²) in [6.45, 7) is 1.13. The van der Waals surface area contributed by atoms with E-state index in [0.29, 0.717) is 37.4 Å². The van der Waals surface area contributed by atoms with Crippen molar-refractivity contribution in [3.8, 4) is 0 Å². The maximum atomic E-state index is 12.9. The van der Waals surface area contributed by atoms with E-state index in [9.17, 15) is 9.59 Å². The van der Waals surface area contributed by atoms with E-state index in [1.807, 2.05) is 35.4 Å². The van der Waals surface area contributed by atoms with Gasteiger partial charge in [-0.25, -0.2) is 9.97 Å². The molecule has 1 aliphatic heterocycles. The number of fused-ring (bicyclic) bond motifs is 1. The van der Waals surface area contributed by atoms with Gasteiger partial charge in [0.05, 0.1) is 0 Å². The van der Waals surface area contributed by atoms with Crippen LogP contribution in [0.5, 0.6) is 0 Å². The van der Waals surface area contributed by atoms with E-state index in [0.717, 1.165) is 10.9 Å². The Morgan fingerprint density at radius 1 is 1.08 bits per heavy atom. The number of nitrogens with zero attached hydrogens (tertiary/aromatic N) is 3. The molecule has 132 valence electrons. The Labute approximate surface area is 150 Å². The van der Waals surface area contributed by atoms with Gasteiger partial charge in [-0.15, -0.1) is 0 Å². The molecule has 4 rings (SSSR count). The number of amides is 2. The Balaban J connectivity index is 1.39. The summed E-state index contributed by atoms with van der Waals surface area (Å²) in [6, 6.07) is 9.30. The number of anilines is 1. The third-order valence-electron chi connectivity index (χ3n) is 4.78. The first-order chi connectivity index (χ1) is 12.7. The average Bonchev–Trinajstić information content (AvgIpc) is 3.17. The molecule has 1 aromatic carbocycles. The molecule has 2 aromatic heterocycles. The fraction of sp³-hybridized carbons (Fsp3) is 0.263. The highest BCUT2D eigenvalue weighted by Crippen LogP contribution is 2.23. The topological polar surface area (TPSA) is 91.0 Å². The van der Waals surface area contributed by atoms with Crippen LogP contribution in [0.1, 0.15) is 23.2 Å². The predicted molar refractivity (Wildman–Crippen MR) is 97.6 cm³/mol. The van der Waals surface area contributed by atoms with E-state index < -0.39 is 0 Å². The lowest BCUT2D eigenvalue weighted by Gasteiger charge is -2.31. The van der Waals surface area contributed by atoms with Crippen LogP contribution in [0, 0.1) is 5.92 Å². The minimum Gasteiger partial charge on any atom is -0.361 e. The number of aromatic nitrogens is 3. The van der Waals surface area contributed by atoms with Gasteiger partial charge in [0.15, 0.2) is 0 Å². The van der Waals surface area contributed by atoms with Gasteiger partial charge in [-0.05, 0) is 37.1 Å². The van der Waals surface area contributed by atoms with E-state index >= 15 is 0 Å². The second kappa shape index (κ2) is 6.95. The minimum absolute atomic E-state index is 0.0143. The number of carbonyl (C=O) groups is 2. The highest BCUT2D eigenvalue weighted by Gasteiger charge is 2.28. The number of carbonyl (C=O) groups excluding carboxylic acids is 2. The van der Waals surface area contributed by atoms with Crippen molar-refractivity contribution in [2.75, 3.05) is 18.4 Å². The van der Waals surface area contributed by atoms with Crippen LogP contribution >= 0.6 is 0 Å². The maximum absolute atomic E-state index is 12.9. The molecule has 0 atom stereocenters. The van der Waals surface area contributed by atoms with Crippen molar-refractivity contribution >= 4 is 28.7 Å². The van der Waals surface area contributed by atoms with Crippen LogP contribution in [0.3, 0.4) is 0 Å². The summed E-state index contributed by atoms with van der Waals surface area (Å²) >= 11 is 0. The van der Waals surface area contributed by atoms with Gasteiger partial charge in [0, 0.05) is 54.1 Å². The first kappa shape index (κ1) is 16.3. The molecule has 3 aromatic rings. The molecule has 1 fully saturated rings. The van der Waals surface area contributed by atoms with Crippen LogP contribution in [0.4, 0.5) is 5.95 Å². The van der Waals surface area contributed by atoms with Crippen LogP contribution in [0.25, 0.3) is 10.9 Å². The molecule has 1 saturated heterocycles. The van der Waals surface area contributed by atoms with Gasteiger partial charge in [0.1, 0.15) is 0 Å². The van der Waals surface area contributed by atoms with Crippen LogP contribution in [-0.2, 0) is 4.79 Å². The highest BCUT2D eigenvalue weighted by molar-refractivity contribution is 6.06. The lowest BCUT2D eigenvalue weighted by atomic mass is 9.95. The SMILES string of the molecule is O=C(Nc1ncccn1)C1CCN(C(=O)c2cccc3[nH]ccc23)CC1. The van der Waals surface area contributed by atoms with E-state index in [-0.39, 0.29) is 17.7 Å². The smallest absolute Gasteiger partial charge is 0.254 e. The number of hydrogen-bond donors (Lipinski definition) is 2. The third-order valence-corrected chi connectivity index (χ3v) is 4.78. The zero-order valence-electron chi connectivity index (χ0n) is 14.2. The number of benzene rings is 1. The summed E-state index contributed by atoms with van der Waals surface area (Å²) in [6.07, 6.45) is 6.28. The van der Waals surface area contributed by atoms with Crippen molar-refractivity contribution in [1.82, 2.24) is 19.9 Å². The molecule has 26 heavy (non-hydrogen) atoms. The summed E-state index contributed by atoms with van der Waals surface area (Å²) in [4.78, 5) is 38.2. The van der Waals surface area contributed by atoms with Gasteiger partial charge in [-0.1, -0.05) is 6.07 Å². The van der Waals surface area contributed by atoms with Gasteiger partial charge >= 0.3 is 0 Å². The molecule has 2 amide bonds. The summed E-state index contributed by atoms with van der Waals surface area (Å²) < 4.78 is 0. The molecular formula is C19H19N5O2. The van der Waals surface area contributed by atoms with Gasteiger partial charge < -0.3 is 9.88 Å². The second-order valence-corrected chi connectivity index (χ2v) is 6.37. The summed E-state index contributed by atoms with van der Waals surface area (Å²) in [7, 11) is 0. The molecule has 7 nitrogen and oxygen atoms in total. The lowest BCUT2D eigenvalue weighted by Crippen LogP contribution is -2.41. The minimum atomic E-state index is -0.133. The van der Waals surface area contributed by atoms with Gasteiger partial charge in [0.25, 0.3) is 5.91 Å². The molecule has 0 radical (unpaired) electrons. The van der Waals surface area contributed by atoms with Crippen molar-refractivity contribution in [1.29, 1.82) is 0 Å². The molecular weight excluding hydrogens is 330 g/mol.